The molecule has 0 saturated heterocycles. The van der Waals surface area contributed by atoms with Crippen LogP contribution in [0, 0.1) is 0 Å². The van der Waals surface area contributed by atoms with Crippen molar-refractivity contribution in [1.29, 1.82) is 0 Å². The van der Waals surface area contributed by atoms with E-state index in [0.717, 1.165) is 17.4 Å². The molecule has 0 aliphatic rings. The van der Waals surface area contributed by atoms with Crippen LogP contribution in [0.15, 0.2) is 56.7 Å². The molecule has 2 N–H and O–H groups in total. The van der Waals surface area contributed by atoms with E-state index in [1.807, 2.05) is 6.92 Å². The van der Waals surface area contributed by atoms with Crippen molar-refractivity contribution in [3.8, 4) is 0 Å². The third-order valence-corrected chi connectivity index (χ3v) is 5.36. The van der Waals surface area contributed by atoms with Gasteiger partial charge in [-0.2, -0.15) is 0 Å². The molecule has 3 aromatic rings. The van der Waals surface area contributed by atoms with Crippen LogP contribution >= 0.6 is 0 Å². The Hall–Kier alpha value is -3.62. The summed E-state index contributed by atoms with van der Waals surface area (Å²) in [6, 6.07) is 10.3. The van der Waals surface area contributed by atoms with Gasteiger partial charge in [0, 0.05) is 19.5 Å². The van der Waals surface area contributed by atoms with Crippen LogP contribution in [0.4, 0.5) is 0 Å². The summed E-state index contributed by atoms with van der Waals surface area (Å²) in [4.78, 5) is 50.4. The third kappa shape index (κ3) is 6.44. The van der Waals surface area contributed by atoms with Crippen LogP contribution in [0.2, 0.25) is 0 Å². The molecular weight excluding hydrogens is 424 g/mol. The van der Waals surface area contributed by atoms with Crippen LogP contribution in [0.5, 0.6) is 0 Å². The van der Waals surface area contributed by atoms with Gasteiger partial charge in [0.25, 0.3) is 5.56 Å². The predicted octanol–water partition coefficient (Wildman–Crippen LogP) is 2.16. The molecule has 9 heteroatoms. The van der Waals surface area contributed by atoms with Crippen LogP contribution in [0.1, 0.15) is 44.8 Å². The summed E-state index contributed by atoms with van der Waals surface area (Å²) in [5.74, 6) is 0.276. The number of carbonyl (C=O) groups is 2. The first-order valence-electron chi connectivity index (χ1n) is 11.3. The first-order valence-corrected chi connectivity index (χ1v) is 11.3. The molecule has 0 spiro atoms. The van der Waals surface area contributed by atoms with E-state index in [9.17, 15) is 19.2 Å². The zero-order chi connectivity index (χ0) is 23.6. The Balaban J connectivity index is 1.66. The molecule has 3 rings (SSSR count). The number of amides is 2. The van der Waals surface area contributed by atoms with Crippen LogP contribution in [0.3, 0.4) is 0 Å². The smallest absolute Gasteiger partial charge is 0.331 e. The van der Waals surface area contributed by atoms with E-state index in [1.54, 1.807) is 42.7 Å². The lowest BCUT2D eigenvalue weighted by molar-refractivity contribution is -0.122. The summed E-state index contributed by atoms with van der Waals surface area (Å²) in [7, 11) is 0. The fraction of sp³-hybridized carbons (Fsp3) is 0.417. The Morgan fingerprint density at radius 2 is 1.76 bits per heavy atom. The van der Waals surface area contributed by atoms with Gasteiger partial charge >= 0.3 is 5.69 Å². The molecule has 0 aliphatic carbocycles. The van der Waals surface area contributed by atoms with E-state index in [2.05, 4.69) is 10.6 Å². The minimum atomic E-state index is -0.522. The highest BCUT2D eigenvalue weighted by molar-refractivity contribution is 5.81. The second kappa shape index (κ2) is 11.8. The summed E-state index contributed by atoms with van der Waals surface area (Å²) in [6.45, 7) is 2.91. The second-order valence-corrected chi connectivity index (χ2v) is 7.86. The van der Waals surface area contributed by atoms with Gasteiger partial charge in [-0.3, -0.25) is 23.5 Å². The molecule has 0 bridgehead atoms. The van der Waals surface area contributed by atoms with Crippen LogP contribution < -0.4 is 21.9 Å². The fourth-order valence-corrected chi connectivity index (χ4v) is 3.57. The van der Waals surface area contributed by atoms with Crippen molar-refractivity contribution in [2.75, 3.05) is 6.54 Å². The maximum atomic E-state index is 13.1. The summed E-state index contributed by atoms with van der Waals surface area (Å²) >= 11 is 0. The van der Waals surface area contributed by atoms with Gasteiger partial charge in [0.05, 0.1) is 23.7 Å². The molecule has 1 aromatic carbocycles. The van der Waals surface area contributed by atoms with Crippen molar-refractivity contribution in [1.82, 2.24) is 19.8 Å². The quantitative estimate of drug-likeness (QED) is 0.407. The van der Waals surface area contributed by atoms with Crippen molar-refractivity contribution >= 4 is 22.7 Å². The molecular formula is C24H30N4O5. The Bertz CT molecular complexity index is 1190. The predicted molar refractivity (Wildman–Crippen MR) is 125 cm³/mol. The lowest BCUT2D eigenvalue weighted by atomic mass is 10.2. The van der Waals surface area contributed by atoms with Gasteiger partial charge in [-0.05, 0) is 43.5 Å². The van der Waals surface area contributed by atoms with Gasteiger partial charge in [-0.15, -0.1) is 0 Å². The average molecular weight is 455 g/mol. The summed E-state index contributed by atoms with van der Waals surface area (Å²) in [6.07, 6.45) is 4.62. The highest BCUT2D eigenvalue weighted by Crippen LogP contribution is 2.08. The van der Waals surface area contributed by atoms with Gasteiger partial charge in [0.2, 0.25) is 11.8 Å². The zero-order valence-electron chi connectivity index (χ0n) is 18.8. The number of para-hydroxylation sites is 1. The van der Waals surface area contributed by atoms with E-state index >= 15 is 0 Å². The first kappa shape index (κ1) is 24.0. The van der Waals surface area contributed by atoms with E-state index in [4.69, 9.17) is 4.42 Å². The Morgan fingerprint density at radius 1 is 0.939 bits per heavy atom. The Morgan fingerprint density at radius 3 is 2.52 bits per heavy atom. The molecule has 0 radical (unpaired) electrons. The number of nitrogens with zero attached hydrogens (tertiary/aromatic N) is 2. The molecule has 2 amide bonds. The van der Waals surface area contributed by atoms with E-state index < -0.39 is 5.69 Å². The first-order chi connectivity index (χ1) is 16.0. The fourth-order valence-electron chi connectivity index (χ4n) is 3.57. The molecule has 0 aliphatic heterocycles. The minimum Gasteiger partial charge on any atom is -0.467 e. The van der Waals surface area contributed by atoms with Crippen LogP contribution in [-0.4, -0.2) is 27.5 Å². The molecule has 2 heterocycles. The highest BCUT2D eigenvalue weighted by Gasteiger charge is 2.15. The minimum absolute atomic E-state index is 0.126. The van der Waals surface area contributed by atoms with Crippen molar-refractivity contribution in [2.45, 2.75) is 58.7 Å². The normalized spacial score (nSPS) is 10.9. The standard InChI is InChI=1S/C24H30N4O5/c1-2-3-13-25-22(30)17-28-20-11-5-4-10-19(20)23(31)27(24(28)32)14-7-6-12-21(29)26-16-18-9-8-15-33-18/h4-5,8-11,15H,2-3,6-7,12-14,16-17H2,1H3,(H,25,30)(H,26,29). The number of benzene rings is 1. The largest absolute Gasteiger partial charge is 0.467 e. The summed E-state index contributed by atoms with van der Waals surface area (Å²) in [5, 5.41) is 5.96. The van der Waals surface area contributed by atoms with Crippen molar-refractivity contribution in [2.24, 2.45) is 0 Å². The number of aromatic nitrogens is 2. The molecule has 176 valence electrons. The summed E-state index contributed by atoms with van der Waals surface area (Å²) < 4.78 is 7.67. The molecule has 33 heavy (non-hydrogen) atoms. The van der Waals surface area contributed by atoms with E-state index in [-0.39, 0.29) is 36.9 Å². The highest BCUT2D eigenvalue weighted by atomic mass is 16.3. The Labute approximate surface area is 191 Å². The third-order valence-electron chi connectivity index (χ3n) is 5.36. The van der Waals surface area contributed by atoms with E-state index in [1.165, 1.54) is 4.57 Å². The molecule has 9 nitrogen and oxygen atoms in total. The van der Waals surface area contributed by atoms with Crippen LogP contribution in [0.25, 0.3) is 10.9 Å². The number of carbonyl (C=O) groups excluding carboxylic acids is 2. The van der Waals surface area contributed by atoms with Crippen molar-refractivity contribution in [3.63, 3.8) is 0 Å². The van der Waals surface area contributed by atoms with Crippen LogP contribution in [-0.2, 0) is 29.2 Å². The molecule has 0 fully saturated rings. The maximum absolute atomic E-state index is 13.1. The number of hydrogen-bond donors (Lipinski definition) is 2. The number of furan rings is 1. The lowest BCUT2D eigenvalue weighted by Crippen LogP contribution is -2.42. The zero-order valence-corrected chi connectivity index (χ0v) is 18.8. The maximum Gasteiger partial charge on any atom is 0.331 e. The lowest BCUT2D eigenvalue weighted by Gasteiger charge is -2.14. The molecule has 0 unspecified atom stereocenters. The monoisotopic (exact) mass is 454 g/mol. The number of hydrogen-bond acceptors (Lipinski definition) is 5. The number of fused-ring (bicyclic) bond motifs is 1. The average Bonchev–Trinajstić information content (AvgIpc) is 3.34. The van der Waals surface area contributed by atoms with Gasteiger partial charge in [0.1, 0.15) is 12.3 Å². The van der Waals surface area contributed by atoms with E-state index in [0.29, 0.717) is 42.6 Å². The molecule has 0 saturated carbocycles. The van der Waals surface area contributed by atoms with Crippen molar-refractivity contribution < 1.29 is 14.0 Å². The SMILES string of the molecule is CCCCNC(=O)Cn1c(=O)n(CCCCC(=O)NCc2ccco2)c(=O)c2ccccc21. The molecule has 2 aromatic heterocycles. The van der Waals surface area contributed by atoms with Gasteiger partial charge in [0.15, 0.2) is 0 Å². The number of nitrogens with one attached hydrogen (secondary N) is 2. The van der Waals surface area contributed by atoms with Crippen molar-refractivity contribution in [3.05, 3.63) is 69.3 Å². The van der Waals surface area contributed by atoms with Gasteiger partial charge < -0.3 is 15.1 Å². The molecule has 0 atom stereocenters. The number of unbranched alkanes of at least 4 members (excludes halogenated alkanes) is 2. The summed E-state index contributed by atoms with van der Waals surface area (Å²) in [5.41, 5.74) is -0.473. The number of rotatable bonds is 12. The van der Waals surface area contributed by atoms with Gasteiger partial charge in [-0.25, -0.2) is 4.79 Å². The Kier molecular flexibility index (Phi) is 8.63. The second-order valence-electron chi connectivity index (χ2n) is 7.86. The topological polar surface area (TPSA) is 115 Å². The van der Waals surface area contributed by atoms with Gasteiger partial charge in [-0.1, -0.05) is 25.5 Å².